The van der Waals surface area contributed by atoms with Gasteiger partial charge < -0.3 is 14.8 Å². The van der Waals surface area contributed by atoms with Gasteiger partial charge in [-0.05, 0) is 26.8 Å². The average molecular weight is 295 g/mol. The van der Waals surface area contributed by atoms with Crippen LogP contribution in [0.2, 0.25) is 0 Å². The highest BCUT2D eigenvalue weighted by Crippen LogP contribution is 2.18. The molecule has 0 radical (unpaired) electrons. The van der Waals surface area contributed by atoms with Crippen molar-refractivity contribution in [2.24, 2.45) is 0 Å². The Hall–Kier alpha value is -1.20. The Bertz CT molecular complexity index is 409. The van der Waals surface area contributed by atoms with Crippen LogP contribution in [0.3, 0.4) is 0 Å². The molecule has 5 nitrogen and oxygen atoms in total. The normalized spacial score (nSPS) is 11.4. The lowest BCUT2D eigenvalue weighted by molar-refractivity contribution is 0.0548. The van der Waals surface area contributed by atoms with Crippen molar-refractivity contribution in [3.05, 3.63) is 17.7 Å². The zero-order valence-electron chi connectivity index (χ0n) is 14.0. The molecule has 1 rings (SSSR count). The van der Waals surface area contributed by atoms with Gasteiger partial charge in [0.1, 0.15) is 12.4 Å². The first-order valence-electron chi connectivity index (χ1n) is 7.85. The molecule has 1 aromatic rings. The van der Waals surface area contributed by atoms with Crippen molar-refractivity contribution in [3.8, 4) is 5.75 Å². The smallest absolute Gasteiger partial charge is 0.160 e. The molecule has 120 valence electrons. The van der Waals surface area contributed by atoms with Crippen molar-refractivity contribution in [2.45, 2.75) is 59.6 Å². The average Bonchev–Trinajstić information content (AvgIpc) is 2.44. The van der Waals surface area contributed by atoms with Gasteiger partial charge in [-0.2, -0.15) is 0 Å². The third kappa shape index (κ3) is 6.87. The number of nitrogens with zero attached hydrogens (tertiary/aromatic N) is 2. The third-order valence-electron chi connectivity index (χ3n) is 2.88. The molecule has 1 heterocycles. The van der Waals surface area contributed by atoms with Gasteiger partial charge >= 0.3 is 0 Å². The molecule has 0 saturated heterocycles. The second kappa shape index (κ2) is 9.68. The summed E-state index contributed by atoms with van der Waals surface area (Å²) in [5, 5.41) is 3.37. The Kier molecular flexibility index (Phi) is 8.23. The molecule has 0 saturated carbocycles. The first kappa shape index (κ1) is 17.9. The SMILES string of the molecule is CCCNCc1nc(C(C)C)ncc1OCCOC(C)C. The number of ether oxygens (including phenoxy) is 2. The van der Waals surface area contributed by atoms with Crippen molar-refractivity contribution in [1.82, 2.24) is 15.3 Å². The summed E-state index contributed by atoms with van der Waals surface area (Å²) < 4.78 is 11.2. The standard InChI is InChI=1S/C16H29N3O2/c1-6-7-17-10-14-15(21-9-8-20-13(4)5)11-18-16(19-14)12(2)3/h11-13,17H,6-10H2,1-5H3. The van der Waals surface area contributed by atoms with E-state index in [9.17, 15) is 0 Å². The van der Waals surface area contributed by atoms with E-state index in [1.807, 2.05) is 13.8 Å². The third-order valence-corrected chi connectivity index (χ3v) is 2.88. The van der Waals surface area contributed by atoms with Crippen molar-refractivity contribution < 1.29 is 9.47 Å². The van der Waals surface area contributed by atoms with Gasteiger partial charge in [-0.1, -0.05) is 20.8 Å². The highest BCUT2D eigenvalue weighted by Gasteiger charge is 2.10. The zero-order chi connectivity index (χ0) is 15.7. The van der Waals surface area contributed by atoms with Gasteiger partial charge in [0.15, 0.2) is 5.75 Å². The molecule has 1 N–H and O–H groups in total. The molecule has 0 aromatic carbocycles. The Balaban J connectivity index is 2.66. The van der Waals surface area contributed by atoms with Crippen molar-refractivity contribution in [2.75, 3.05) is 19.8 Å². The number of aromatic nitrogens is 2. The summed E-state index contributed by atoms with van der Waals surface area (Å²) in [5.41, 5.74) is 0.923. The van der Waals surface area contributed by atoms with E-state index in [0.29, 0.717) is 25.7 Å². The van der Waals surface area contributed by atoms with Gasteiger partial charge in [0.05, 0.1) is 24.6 Å². The van der Waals surface area contributed by atoms with E-state index in [1.54, 1.807) is 6.20 Å². The maximum absolute atomic E-state index is 5.76. The minimum absolute atomic E-state index is 0.221. The van der Waals surface area contributed by atoms with Crippen LogP contribution < -0.4 is 10.1 Å². The molecule has 1 aromatic heterocycles. The van der Waals surface area contributed by atoms with E-state index in [0.717, 1.165) is 30.2 Å². The Labute approximate surface area is 128 Å². The van der Waals surface area contributed by atoms with Crippen LogP contribution in [0.25, 0.3) is 0 Å². The van der Waals surface area contributed by atoms with E-state index in [2.05, 4.69) is 36.1 Å². The van der Waals surface area contributed by atoms with Crippen LogP contribution in [0.4, 0.5) is 0 Å². The summed E-state index contributed by atoms with van der Waals surface area (Å²) in [6.45, 7) is 13.1. The van der Waals surface area contributed by atoms with Crippen LogP contribution in [0.1, 0.15) is 58.5 Å². The molecule has 0 aliphatic rings. The molecule has 0 amide bonds. The van der Waals surface area contributed by atoms with Crippen molar-refractivity contribution in [1.29, 1.82) is 0 Å². The van der Waals surface area contributed by atoms with Gasteiger partial charge in [-0.15, -0.1) is 0 Å². The van der Waals surface area contributed by atoms with Crippen molar-refractivity contribution in [3.63, 3.8) is 0 Å². The van der Waals surface area contributed by atoms with Gasteiger partial charge in [0.2, 0.25) is 0 Å². The monoisotopic (exact) mass is 295 g/mol. The lowest BCUT2D eigenvalue weighted by Crippen LogP contribution is -2.18. The largest absolute Gasteiger partial charge is 0.488 e. The predicted molar refractivity (Wildman–Crippen MR) is 84.7 cm³/mol. The van der Waals surface area contributed by atoms with E-state index < -0.39 is 0 Å². The summed E-state index contributed by atoms with van der Waals surface area (Å²) in [6, 6.07) is 0. The number of hydrogen-bond acceptors (Lipinski definition) is 5. The summed E-state index contributed by atoms with van der Waals surface area (Å²) in [4.78, 5) is 8.99. The lowest BCUT2D eigenvalue weighted by Gasteiger charge is -2.14. The van der Waals surface area contributed by atoms with E-state index in [4.69, 9.17) is 9.47 Å². The predicted octanol–water partition coefficient (Wildman–Crippen LogP) is 2.90. The molecule has 0 fully saturated rings. The van der Waals surface area contributed by atoms with Gasteiger partial charge in [0, 0.05) is 12.5 Å². The van der Waals surface area contributed by atoms with Crippen LogP contribution in [0, 0.1) is 0 Å². The van der Waals surface area contributed by atoms with E-state index in [-0.39, 0.29) is 6.10 Å². The molecular formula is C16H29N3O2. The second-order valence-electron chi connectivity index (χ2n) is 5.64. The van der Waals surface area contributed by atoms with E-state index >= 15 is 0 Å². The highest BCUT2D eigenvalue weighted by atomic mass is 16.5. The van der Waals surface area contributed by atoms with Crippen molar-refractivity contribution >= 4 is 0 Å². The first-order valence-corrected chi connectivity index (χ1v) is 7.85. The minimum Gasteiger partial charge on any atom is -0.488 e. The maximum atomic E-state index is 5.76. The molecule has 0 atom stereocenters. The van der Waals surface area contributed by atoms with Crippen LogP contribution >= 0.6 is 0 Å². The zero-order valence-corrected chi connectivity index (χ0v) is 14.0. The second-order valence-corrected chi connectivity index (χ2v) is 5.64. The van der Waals surface area contributed by atoms with Gasteiger partial charge in [0.25, 0.3) is 0 Å². The van der Waals surface area contributed by atoms with Crippen LogP contribution in [0.15, 0.2) is 6.20 Å². The first-order chi connectivity index (χ1) is 10.0. The molecule has 0 aliphatic carbocycles. The maximum Gasteiger partial charge on any atom is 0.160 e. The minimum atomic E-state index is 0.221. The Morgan fingerprint density at radius 3 is 2.57 bits per heavy atom. The Morgan fingerprint density at radius 2 is 1.95 bits per heavy atom. The fraction of sp³-hybridized carbons (Fsp3) is 0.750. The van der Waals surface area contributed by atoms with E-state index in [1.165, 1.54) is 0 Å². The molecule has 0 aliphatic heterocycles. The molecule has 5 heteroatoms. The number of rotatable bonds is 10. The lowest BCUT2D eigenvalue weighted by atomic mass is 10.2. The topological polar surface area (TPSA) is 56.3 Å². The highest BCUT2D eigenvalue weighted by molar-refractivity contribution is 5.25. The molecule has 0 bridgehead atoms. The molecule has 0 unspecified atom stereocenters. The summed E-state index contributed by atoms with van der Waals surface area (Å²) in [5.74, 6) is 1.91. The quantitative estimate of drug-likeness (QED) is 0.673. The number of hydrogen-bond donors (Lipinski definition) is 1. The molecule has 21 heavy (non-hydrogen) atoms. The summed E-state index contributed by atoms with van der Waals surface area (Å²) in [7, 11) is 0. The number of nitrogens with one attached hydrogen (secondary N) is 1. The van der Waals surface area contributed by atoms with Crippen LogP contribution in [0.5, 0.6) is 5.75 Å². The summed E-state index contributed by atoms with van der Waals surface area (Å²) in [6.07, 6.45) is 3.10. The van der Waals surface area contributed by atoms with Gasteiger partial charge in [-0.3, -0.25) is 0 Å². The fourth-order valence-electron chi connectivity index (χ4n) is 1.77. The fourth-order valence-corrected chi connectivity index (χ4v) is 1.77. The molecular weight excluding hydrogens is 266 g/mol. The molecule has 0 spiro atoms. The van der Waals surface area contributed by atoms with Crippen LogP contribution in [-0.2, 0) is 11.3 Å². The van der Waals surface area contributed by atoms with Gasteiger partial charge in [-0.25, -0.2) is 9.97 Å². The summed E-state index contributed by atoms with van der Waals surface area (Å²) >= 11 is 0. The van der Waals surface area contributed by atoms with Crippen LogP contribution in [-0.4, -0.2) is 35.8 Å². The Morgan fingerprint density at radius 1 is 1.19 bits per heavy atom.